The lowest BCUT2D eigenvalue weighted by atomic mass is 9.95. The Morgan fingerprint density at radius 3 is 2.75 bits per heavy atom. The SMILES string of the molecule is COC(=O)c1c(NC(=O)CN(Cc2cnn(C)c2)C(C)C)sc2c1CCCC2. The zero-order valence-corrected chi connectivity index (χ0v) is 17.8. The first-order chi connectivity index (χ1) is 13.4. The molecule has 0 unspecified atom stereocenters. The van der Waals surface area contributed by atoms with Crippen LogP contribution in [0.2, 0.25) is 0 Å². The number of esters is 1. The molecule has 8 heteroatoms. The molecule has 1 amide bonds. The van der Waals surface area contributed by atoms with Gasteiger partial charge < -0.3 is 10.1 Å². The quantitative estimate of drug-likeness (QED) is 0.718. The first-order valence-corrected chi connectivity index (χ1v) is 10.4. The molecule has 2 aromatic rings. The number of amides is 1. The van der Waals surface area contributed by atoms with E-state index in [0.717, 1.165) is 36.8 Å². The van der Waals surface area contributed by atoms with Gasteiger partial charge in [-0.3, -0.25) is 14.4 Å². The maximum absolute atomic E-state index is 12.8. The summed E-state index contributed by atoms with van der Waals surface area (Å²) < 4.78 is 6.74. The lowest BCUT2D eigenvalue weighted by Gasteiger charge is -2.25. The largest absolute Gasteiger partial charge is 0.465 e. The van der Waals surface area contributed by atoms with Gasteiger partial charge in [-0.1, -0.05) is 0 Å². The van der Waals surface area contributed by atoms with Crippen LogP contribution in [0.15, 0.2) is 12.4 Å². The molecule has 0 radical (unpaired) electrons. The minimum absolute atomic E-state index is 0.124. The smallest absolute Gasteiger partial charge is 0.341 e. The van der Waals surface area contributed by atoms with E-state index in [1.807, 2.05) is 19.4 Å². The van der Waals surface area contributed by atoms with Crippen LogP contribution < -0.4 is 5.32 Å². The molecule has 7 nitrogen and oxygen atoms in total. The number of carbonyl (C=O) groups is 2. The normalized spacial score (nSPS) is 13.6. The standard InChI is InChI=1S/C20H28N4O3S/c1-13(2)24(11-14-9-21-23(3)10-14)12-17(25)22-19-18(20(26)27-4)15-7-5-6-8-16(15)28-19/h9-10,13H,5-8,11-12H2,1-4H3,(H,22,25). The van der Waals surface area contributed by atoms with Crippen molar-refractivity contribution in [1.82, 2.24) is 14.7 Å². The van der Waals surface area contributed by atoms with Gasteiger partial charge in [-0.15, -0.1) is 11.3 Å². The summed E-state index contributed by atoms with van der Waals surface area (Å²) in [6.45, 7) is 5.01. The van der Waals surface area contributed by atoms with Crippen molar-refractivity contribution in [3.63, 3.8) is 0 Å². The second-order valence-corrected chi connectivity index (χ2v) is 8.58. The Hall–Kier alpha value is -2.19. The molecule has 28 heavy (non-hydrogen) atoms. The van der Waals surface area contributed by atoms with Crippen molar-refractivity contribution in [1.29, 1.82) is 0 Å². The highest BCUT2D eigenvalue weighted by Gasteiger charge is 2.27. The van der Waals surface area contributed by atoms with Gasteiger partial charge in [0.1, 0.15) is 5.00 Å². The van der Waals surface area contributed by atoms with Crippen LogP contribution >= 0.6 is 11.3 Å². The third kappa shape index (κ3) is 4.62. The van der Waals surface area contributed by atoms with Gasteiger partial charge >= 0.3 is 5.97 Å². The average molecular weight is 405 g/mol. The van der Waals surface area contributed by atoms with Crippen molar-refractivity contribution in [2.45, 2.75) is 52.1 Å². The van der Waals surface area contributed by atoms with Gasteiger partial charge in [-0.25, -0.2) is 4.79 Å². The molecule has 2 heterocycles. The van der Waals surface area contributed by atoms with Crippen molar-refractivity contribution in [2.24, 2.45) is 7.05 Å². The number of ether oxygens (including phenoxy) is 1. The van der Waals surface area contributed by atoms with E-state index in [-0.39, 0.29) is 24.5 Å². The number of hydrogen-bond acceptors (Lipinski definition) is 6. The summed E-state index contributed by atoms with van der Waals surface area (Å²) in [5.74, 6) is -0.493. The summed E-state index contributed by atoms with van der Waals surface area (Å²) in [4.78, 5) is 28.4. The molecule has 0 spiro atoms. The van der Waals surface area contributed by atoms with E-state index in [1.54, 1.807) is 4.68 Å². The topological polar surface area (TPSA) is 76.5 Å². The Kier molecular flexibility index (Phi) is 6.51. The fourth-order valence-corrected chi connectivity index (χ4v) is 4.83. The fourth-order valence-electron chi connectivity index (χ4n) is 3.53. The Bertz CT molecular complexity index is 856. The molecule has 0 aliphatic heterocycles. The highest BCUT2D eigenvalue weighted by molar-refractivity contribution is 7.17. The molecule has 0 bridgehead atoms. The molecule has 2 aromatic heterocycles. The first-order valence-electron chi connectivity index (χ1n) is 9.63. The lowest BCUT2D eigenvalue weighted by molar-refractivity contribution is -0.117. The maximum atomic E-state index is 12.8. The van der Waals surface area contributed by atoms with E-state index in [1.165, 1.54) is 23.3 Å². The summed E-state index contributed by atoms with van der Waals surface area (Å²) in [5.41, 5.74) is 2.65. The monoisotopic (exact) mass is 404 g/mol. The molecule has 152 valence electrons. The summed E-state index contributed by atoms with van der Waals surface area (Å²) in [6.07, 6.45) is 7.78. The van der Waals surface area contributed by atoms with Crippen LogP contribution in [0.1, 0.15) is 53.1 Å². The molecular formula is C20H28N4O3S. The van der Waals surface area contributed by atoms with Crippen LogP contribution in [0, 0.1) is 0 Å². The number of hydrogen-bond donors (Lipinski definition) is 1. The van der Waals surface area contributed by atoms with Gasteiger partial charge in [0.25, 0.3) is 0 Å². The number of thiophene rings is 1. The van der Waals surface area contributed by atoms with Gasteiger partial charge in [-0.2, -0.15) is 5.10 Å². The highest BCUT2D eigenvalue weighted by atomic mass is 32.1. The number of anilines is 1. The molecule has 0 atom stereocenters. The number of nitrogens with one attached hydrogen (secondary N) is 1. The molecule has 3 rings (SSSR count). The van der Waals surface area contributed by atoms with Crippen LogP contribution in [0.4, 0.5) is 5.00 Å². The minimum atomic E-state index is -0.370. The third-order valence-electron chi connectivity index (χ3n) is 5.03. The second kappa shape index (κ2) is 8.87. The second-order valence-electron chi connectivity index (χ2n) is 7.48. The van der Waals surface area contributed by atoms with Crippen LogP contribution in [0.25, 0.3) is 0 Å². The molecule has 0 aromatic carbocycles. The molecule has 0 fully saturated rings. The van der Waals surface area contributed by atoms with E-state index in [4.69, 9.17) is 4.74 Å². The van der Waals surface area contributed by atoms with Crippen LogP contribution in [0.3, 0.4) is 0 Å². The highest BCUT2D eigenvalue weighted by Crippen LogP contribution is 2.38. The van der Waals surface area contributed by atoms with Crippen LogP contribution in [-0.4, -0.2) is 46.3 Å². The van der Waals surface area contributed by atoms with Crippen LogP contribution in [-0.2, 0) is 36.0 Å². The number of rotatable bonds is 7. The Morgan fingerprint density at radius 2 is 2.11 bits per heavy atom. The summed E-state index contributed by atoms with van der Waals surface area (Å²) in [5, 5.41) is 7.79. The Balaban J connectivity index is 1.74. The molecular weight excluding hydrogens is 376 g/mol. The molecule has 0 saturated heterocycles. The first kappa shape index (κ1) is 20.5. The van der Waals surface area contributed by atoms with Crippen molar-refractivity contribution >= 4 is 28.2 Å². The molecule has 1 aliphatic rings. The van der Waals surface area contributed by atoms with Crippen molar-refractivity contribution in [3.05, 3.63) is 34.0 Å². The van der Waals surface area contributed by atoms with E-state index < -0.39 is 0 Å². The number of methoxy groups -OCH3 is 1. The summed E-state index contributed by atoms with van der Waals surface area (Å²) in [7, 11) is 3.26. The maximum Gasteiger partial charge on any atom is 0.341 e. The van der Waals surface area contributed by atoms with Crippen molar-refractivity contribution in [3.8, 4) is 0 Å². The van der Waals surface area contributed by atoms with Gasteiger partial charge in [0, 0.05) is 36.3 Å². The zero-order chi connectivity index (χ0) is 20.3. The lowest BCUT2D eigenvalue weighted by Crippen LogP contribution is -2.37. The van der Waals surface area contributed by atoms with E-state index in [2.05, 4.69) is 29.2 Å². The van der Waals surface area contributed by atoms with Crippen molar-refractivity contribution < 1.29 is 14.3 Å². The average Bonchev–Trinajstić information content (AvgIpc) is 3.23. The molecule has 0 saturated carbocycles. The number of fused-ring (bicyclic) bond motifs is 1. The Morgan fingerprint density at radius 1 is 1.36 bits per heavy atom. The number of carbonyl (C=O) groups excluding carboxylic acids is 2. The van der Waals surface area contributed by atoms with Gasteiger partial charge in [0.15, 0.2) is 0 Å². The van der Waals surface area contributed by atoms with Gasteiger partial charge in [0.05, 0.1) is 25.4 Å². The van der Waals surface area contributed by atoms with Crippen LogP contribution in [0.5, 0.6) is 0 Å². The number of aryl methyl sites for hydroxylation is 2. The van der Waals surface area contributed by atoms with E-state index in [0.29, 0.717) is 17.1 Å². The molecule has 1 aliphatic carbocycles. The number of nitrogens with zero attached hydrogens (tertiary/aromatic N) is 3. The zero-order valence-electron chi connectivity index (χ0n) is 16.9. The van der Waals surface area contributed by atoms with Gasteiger partial charge in [0.2, 0.25) is 5.91 Å². The predicted molar refractivity (Wildman–Crippen MR) is 110 cm³/mol. The fraction of sp³-hybridized carbons (Fsp3) is 0.550. The van der Waals surface area contributed by atoms with E-state index in [9.17, 15) is 9.59 Å². The predicted octanol–water partition coefficient (Wildman–Crippen LogP) is 3.00. The third-order valence-corrected chi connectivity index (χ3v) is 6.24. The summed E-state index contributed by atoms with van der Waals surface area (Å²) in [6, 6.07) is 0.197. The van der Waals surface area contributed by atoms with Crippen molar-refractivity contribution in [2.75, 3.05) is 19.0 Å². The van der Waals surface area contributed by atoms with Gasteiger partial charge in [-0.05, 0) is 45.1 Å². The Labute approximate surface area is 169 Å². The minimum Gasteiger partial charge on any atom is -0.465 e. The number of aromatic nitrogens is 2. The van der Waals surface area contributed by atoms with E-state index >= 15 is 0 Å². The molecule has 1 N–H and O–H groups in total. The summed E-state index contributed by atoms with van der Waals surface area (Å²) >= 11 is 1.51.